The molecule has 8 nitrogen and oxygen atoms in total. The lowest BCUT2D eigenvalue weighted by atomic mass is 10.3. The summed E-state index contributed by atoms with van der Waals surface area (Å²) in [7, 11) is 1.56. The van der Waals surface area contributed by atoms with Gasteiger partial charge < -0.3 is 15.4 Å². The fraction of sp³-hybridized carbons (Fsp3) is 0.176. The Balaban J connectivity index is 1.87. The average Bonchev–Trinajstić information content (AvgIpc) is 2.67. The van der Waals surface area contributed by atoms with Gasteiger partial charge in [-0.1, -0.05) is 24.4 Å². The van der Waals surface area contributed by atoms with E-state index in [-0.39, 0.29) is 5.82 Å². The quantitative estimate of drug-likeness (QED) is 0.560. The van der Waals surface area contributed by atoms with E-state index in [2.05, 4.69) is 38.4 Å². The van der Waals surface area contributed by atoms with Gasteiger partial charge in [0, 0.05) is 12.2 Å². The van der Waals surface area contributed by atoms with Crippen LogP contribution in [-0.2, 0) is 0 Å². The van der Waals surface area contributed by atoms with Crippen LogP contribution >= 0.6 is 24.4 Å². The van der Waals surface area contributed by atoms with Crippen LogP contribution in [0.1, 0.15) is 6.92 Å². The van der Waals surface area contributed by atoms with Gasteiger partial charge in [-0.25, -0.2) is 24.1 Å². The Morgan fingerprint density at radius 3 is 2.81 bits per heavy atom. The number of carbonyl (C=O) groups is 1. The number of carbonyl (C=O) groups excluding carboxylic acids is 1. The summed E-state index contributed by atoms with van der Waals surface area (Å²) in [5, 5.41) is 6.27. The predicted octanol–water partition coefficient (Wildman–Crippen LogP) is 3.81. The number of benzene rings is 1. The number of methoxy groups -OCH3 is 1. The molecule has 2 N–H and O–H groups in total. The van der Waals surface area contributed by atoms with E-state index in [1.165, 1.54) is 6.20 Å². The van der Waals surface area contributed by atoms with E-state index in [0.29, 0.717) is 34.3 Å². The van der Waals surface area contributed by atoms with Crippen molar-refractivity contribution in [2.45, 2.75) is 6.92 Å². The summed E-state index contributed by atoms with van der Waals surface area (Å²) < 4.78 is 6.23. The highest BCUT2D eigenvalue weighted by atomic mass is 35.5. The second-order valence-corrected chi connectivity index (χ2v) is 6.20. The van der Waals surface area contributed by atoms with Crippen molar-refractivity contribution in [1.29, 1.82) is 0 Å². The lowest BCUT2D eigenvalue weighted by molar-refractivity contribution is 0.250. The van der Waals surface area contributed by atoms with Crippen molar-refractivity contribution >= 4 is 58.9 Å². The van der Waals surface area contributed by atoms with Crippen molar-refractivity contribution in [3.8, 4) is 5.75 Å². The SMILES string of the molecule is CCNC(=O)N(S)c1cnc2ccc(Nc3ccc(OC)c(Cl)c3)nc2n1. The van der Waals surface area contributed by atoms with Crippen molar-refractivity contribution in [2.75, 3.05) is 23.3 Å². The van der Waals surface area contributed by atoms with E-state index < -0.39 is 6.03 Å². The van der Waals surface area contributed by atoms with Crippen molar-refractivity contribution in [3.63, 3.8) is 0 Å². The highest BCUT2D eigenvalue weighted by Gasteiger charge is 2.14. The van der Waals surface area contributed by atoms with Gasteiger partial charge >= 0.3 is 6.03 Å². The highest BCUT2D eigenvalue weighted by Crippen LogP contribution is 2.28. The molecule has 0 saturated carbocycles. The average molecular weight is 405 g/mol. The zero-order chi connectivity index (χ0) is 19.4. The number of thiol groups is 1. The number of rotatable bonds is 5. The Morgan fingerprint density at radius 1 is 1.30 bits per heavy atom. The number of halogens is 1. The second-order valence-electron chi connectivity index (χ2n) is 5.39. The third-order valence-electron chi connectivity index (χ3n) is 3.56. The normalized spacial score (nSPS) is 10.5. The minimum absolute atomic E-state index is 0.272. The summed E-state index contributed by atoms with van der Waals surface area (Å²) in [6.07, 6.45) is 1.46. The first kappa shape index (κ1) is 19.0. The second kappa shape index (κ2) is 8.28. The Kier molecular flexibility index (Phi) is 5.82. The van der Waals surface area contributed by atoms with Crippen molar-refractivity contribution in [2.24, 2.45) is 0 Å². The molecule has 2 aromatic heterocycles. The number of fused-ring (bicyclic) bond motifs is 1. The molecule has 1 aromatic carbocycles. The number of nitrogens with one attached hydrogen (secondary N) is 2. The van der Waals surface area contributed by atoms with Gasteiger partial charge in [0.2, 0.25) is 0 Å². The maximum atomic E-state index is 11.9. The fourth-order valence-electron chi connectivity index (χ4n) is 2.28. The molecule has 0 aliphatic rings. The summed E-state index contributed by atoms with van der Waals surface area (Å²) in [4.78, 5) is 25.0. The first-order valence-electron chi connectivity index (χ1n) is 8.03. The molecule has 0 unspecified atom stereocenters. The van der Waals surface area contributed by atoms with E-state index in [0.717, 1.165) is 9.99 Å². The lowest BCUT2D eigenvalue weighted by Crippen LogP contribution is -2.34. The summed E-state index contributed by atoms with van der Waals surface area (Å²) >= 11 is 10.3. The number of hydrogen-bond acceptors (Lipinski definition) is 7. The zero-order valence-corrected chi connectivity index (χ0v) is 16.3. The van der Waals surface area contributed by atoms with E-state index in [4.69, 9.17) is 16.3 Å². The Morgan fingerprint density at radius 2 is 2.11 bits per heavy atom. The molecular weight excluding hydrogens is 388 g/mol. The number of nitrogens with zero attached hydrogens (tertiary/aromatic N) is 4. The largest absolute Gasteiger partial charge is 0.495 e. The molecule has 2 heterocycles. The molecule has 3 rings (SSSR count). The van der Waals surface area contributed by atoms with Gasteiger partial charge in [0.1, 0.15) is 17.1 Å². The van der Waals surface area contributed by atoms with Gasteiger partial charge in [0.05, 0.1) is 18.3 Å². The Bertz CT molecular complexity index is 987. The van der Waals surface area contributed by atoms with E-state index in [1.54, 1.807) is 31.4 Å². The van der Waals surface area contributed by atoms with Crippen molar-refractivity contribution < 1.29 is 9.53 Å². The first-order valence-corrected chi connectivity index (χ1v) is 8.80. The number of amides is 2. The molecule has 0 radical (unpaired) electrons. The molecule has 0 bridgehead atoms. The van der Waals surface area contributed by atoms with Gasteiger partial charge in [-0.05, 0) is 37.3 Å². The number of anilines is 3. The van der Waals surface area contributed by atoms with Crippen LogP contribution < -0.4 is 19.7 Å². The molecule has 0 aliphatic carbocycles. The summed E-state index contributed by atoms with van der Waals surface area (Å²) in [6.45, 7) is 2.30. The Hall–Kier alpha value is -2.78. The molecule has 140 valence electrons. The van der Waals surface area contributed by atoms with E-state index in [9.17, 15) is 4.79 Å². The minimum Gasteiger partial charge on any atom is -0.495 e. The lowest BCUT2D eigenvalue weighted by Gasteiger charge is -2.14. The third kappa shape index (κ3) is 4.32. The number of ether oxygens (including phenoxy) is 1. The fourth-order valence-corrected chi connectivity index (χ4v) is 2.71. The molecule has 0 fully saturated rings. The molecule has 2 amide bonds. The molecule has 0 saturated heterocycles. The van der Waals surface area contributed by atoms with Crippen LogP contribution in [0.5, 0.6) is 5.75 Å². The van der Waals surface area contributed by atoms with Crippen LogP contribution in [0.3, 0.4) is 0 Å². The van der Waals surface area contributed by atoms with Gasteiger partial charge in [0.15, 0.2) is 11.5 Å². The highest BCUT2D eigenvalue weighted by molar-refractivity contribution is 7.82. The van der Waals surface area contributed by atoms with E-state index >= 15 is 0 Å². The van der Waals surface area contributed by atoms with Crippen molar-refractivity contribution in [1.82, 2.24) is 20.3 Å². The number of hydrogen-bond donors (Lipinski definition) is 3. The Labute approximate surface area is 166 Å². The predicted molar refractivity (Wildman–Crippen MR) is 109 cm³/mol. The molecule has 0 aliphatic heterocycles. The monoisotopic (exact) mass is 404 g/mol. The number of urea groups is 1. The van der Waals surface area contributed by atoms with Crippen LogP contribution in [0, 0.1) is 0 Å². The topological polar surface area (TPSA) is 92.3 Å². The van der Waals surface area contributed by atoms with Gasteiger partial charge in [-0.3, -0.25) is 0 Å². The van der Waals surface area contributed by atoms with Crippen LogP contribution in [0.15, 0.2) is 36.5 Å². The van der Waals surface area contributed by atoms with Crippen LogP contribution in [0.2, 0.25) is 5.02 Å². The number of aromatic nitrogens is 3. The third-order valence-corrected chi connectivity index (χ3v) is 4.24. The maximum absolute atomic E-state index is 11.9. The maximum Gasteiger partial charge on any atom is 0.333 e. The molecule has 0 spiro atoms. The molecule has 3 aromatic rings. The molecule has 10 heteroatoms. The van der Waals surface area contributed by atoms with Crippen LogP contribution in [0.4, 0.5) is 22.1 Å². The van der Waals surface area contributed by atoms with E-state index in [1.807, 2.05) is 13.0 Å². The summed E-state index contributed by atoms with van der Waals surface area (Å²) in [6, 6.07) is 8.48. The summed E-state index contributed by atoms with van der Waals surface area (Å²) in [5.41, 5.74) is 1.71. The minimum atomic E-state index is -0.392. The zero-order valence-electron chi connectivity index (χ0n) is 14.6. The van der Waals surface area contributed by atoms with Gasteiger partial charge in [-0.15, -0.1) is 0 Å². The van der Waals surface area contributed by atoms with Gasteiger partial charge in [-0.2, -0.15) is 0 Å². The smallest absolute Gasteiger partial charge is 0.333 e. The summed E-state index contributed by atoms with van der Waals surface area (Å²) in [5.74, 6) is 1.41. The molecule has 27 heavy (non-hydrogen) atoms. The molecular formula is C17H17ClN6O2S. The molecule has 0 atom stereocenters. The standard InChI is InChI=1S/C17H17ClN6O2S/c1-3-19-17(25)24(27)15-9-20-12-5-7-14(22-16(12)23-15)21-10-4-6-13(26-2)11(18)8-10/h4-9,27H,3H2,1-2H3,(H,19,25)(H,21,22,23). The van der Waals surface area contributed by atoms with Crippen LogP contribution in [0.25, 0.3) is 11.2 Å². The number of pyridine rings is 1. The first-order chi connectivity index (χ1) is 13.0. The van der Waals surface area contributed by atoms with Gasteiger partial charge in [0.25, 0.3) is 0 Å². The van der Waals surface area contributed by atoms with Crippen molar-refractivity contribution in [3.05, 3.63) is 41.6 Å². The van der Waals surface area contributed by atoms with Crippen LogP contribution in [-0.4, -0.2) is 34.6 Å².